The minimum Gasteiger partial charge on any atom is -0.324 e. The van der Waals surface area contributed by atoms with Gasteiger partial charge in [0.15, 0.2) is 0 Å². The van der Waals surface area contributed by atoms with Gasteiger partial charge >= 0.3 is 0 Å². The lowest BCUT2D eigenvalue weighted by Gasteiger charge is -2.51. The van der Waals surface area contributed by atoms with Crippen LogP contribution in [0.2, 0.25) is 0 Å². The van der Waals surface area contributed by atoms with Crippen LogP contribution in [0.5, 0.6) is 0 Å². The molecule has 0 unspecified atom stereocenters. The summed E-state index contributed by atoms with van der Waals surface area (Å²) in [5, 5.41) is 3.38. The number of amides is 2. The molecule has 2 aliphatic rings. The summed E-state index contributed by atoms with van der Waals surface area (Å²) in [5.41, 5.74) is 8.00. The smallest absolute Gasteiger partial charge is 0.250 e. The van der Waals surface area contributed by atoms with Gasteiger partial charge in [0.1, 0.15) is 5.54 Å². The molecule has 0 saturated heterocycles. The Morgan fingerprint density at radius 1 is 0.767 bits per heavy atom. The van der Waals surface area contributed by atoms with Gasteiger partial charge in [0.25, 0.3) is 0 Å². The van der Waals surface area contributed by atoms with Crippen molar-refractivity contribution in [2.75, 3.05) is 5.32 Å². The molecule has 3 atom stereocenters. The molecule has 0 aliphatic heterocycles. The maximum atomic E-state index is 14.9. The molecule has 4 heteroatoms. The summed E-state index contributed by atoms with van der Waals surface area (Å²) >= 11 is 0. The Bertz CT molecular complexity index is 1590. The van der Waals surface area contributed by atoms with E-state index in [4.69, 9.17) is 0 Å². The van der Waals surface area contributed by atoms with Crippen molar-refractivity contribution in [2.45, 2.75) is 71.4 Å². The van der Waals surface area contributed by atoms with Crippen molar-refractivity contribution >= 4 is 17.5 Å². The molecule has 0 heterocycles. The first-order chi connectivity index (χ1) is 20.8. The van der Waals surface area contributed by atoms with Gasteiger partial charge in [-0.25, -0.2) is 0 Å². The molecule has 0 radical (unpaired) electrons. The number of carbonyl (C=O) groups is 2. The van der Waals surface area contributed by atoms with Crippen LogP contribution < -0.4 is 5.32 Å². The minimum absolute atomic E-state index is 0.00258. The van der Waals surface area contributed by atoms with E-state index in [1.165, 1.54) is 16.7 Å². The van der Waals surface area contributed by atoms with E-state index in [0.29, 0.717) is 31.2 Å². The first-order valence-corrected chi connectivity index (χ1v) is 15.7. The molecule has 1 fully saturated rings. The van der Waals surface area contributed by atoms with Crippen LogP contribution in [0.25, 0.3) is 0 Å². The number of nitrogens with one attached hydrogen (secondary N) is 1. The lowest BCUT2D eigenvalue weighted by Crippen LogP contribution is -2.62. The zero-order chi connectivity index (χ0) is 30.0. The predicted molar refractivity (Wildman–Crippen MR) is 174 cm³/mol. The zero-order valence-electron chi connectivity index (χ0n) is 25.6. The van der Waals surface area contributed by atoms with Gasteiger partial charge in [-0.1, -0.05) is 103 Å². The summed E-state index contributed by atoms with van der Waals surface area (Å²) in [7, 11) is 0. The Balaban J connectivity index is 1.42. The maximum Gasteiger partial charge on any atom is 0.250 e. The SMILES string of the molecule is Cc1cc(C)c(NC(=O)[C@]2(N(Cc3ccccc3)C(=O)Cc3ccccc3)CC[C@H]3Cc4ccccc4C[C@@H]3C2)c(C)c1. The molecule has 4 nitrogen and oxygen atoms in total. The van der Waals surface area contributed by atoms with Crippen LogP contribution in [0, 0.1) is 32.6 Å². The Morgan fingerprint density at radius 2 is 1.33 bits per heavy atom. The van der Waals surface area contributed by atoms with Crippen LogP contribution in [0.4, 0.5) is 5.69 Å². The van der Waals surface area contributed by atoms with Crippen molar-refractivity contribution in [1.82, 2.24) is 4.90 Å². The second-order valence-electron chi connectivity index (χ2n) is 12.8. The highest BCUT2D eigenvalue weighted by Gasteiger charge is 2.52. The predicted octanol–water partition coefficient (Wildman–Crippen LogP) is 7.78. The van der Waals surface area contributed by atoms with E-state index in [1.807, 2.05) is 53.4 Å². The summed E-state index contributed by atoms with van der Waals surface area (Å²) in [5.74, 6) is 0.785. The molecule has 1 N–H and O–H groups in total. The lowest BCUT2D eigenvalue weighted by molar-refractivity contribution is -0.150. The van der Waals surface area contributed by atoms with Crippen molar-refractivity contribution in [3.8, 4) is 0 Å². The topological polar surface area (TPSA) is 49.4 Å². The van der Waals surface area contributed by atoms with Gasteiger partial charge in [-0.05, 0) is 98.1 Å². The fourth-order valence-electron chi connectivity index (χ4n) is 7.68. The number of aryl methyl sites for hydroxylation is 3. The molecule has 6 rings (SSSR count). The second-order valence-corrected chi connectivity index (χ2v) is 12.8. The minimum atomic E-state index is -0.959. The first kappa shape index (κ1) is 28.9. The molecule has 2 amide bonds. The molecule has 43 heavy (non-hydrogen) atoms. The van der Waals surface area contributed by atoms with E-state index in [-0.39, 0.29) is 18.2 Å². The Kier molecular flexibility index (Phi) is 8.21. The van der Waals surface area contributed by atoms with Gasteiger partial charge in [-0.2, -0.15) is 0 Å². The van der Waals surface area contributed by atoms with Crippen molar-refractivity contribution in [2.24, 2.45) is 11.8 Å². The highest BCUT2D eigenvalue weighted by Crippen LogP contribution is 2.47. The van der Waals surface area contributed by atoms with E-state index in [0.717, 1.165) is 47.2 Å². The largest absolute Gasteiger partial charge is 0.324 e. The average Bonchev–Trinajstić information content (AvgIpc) is 3.01. The zero-order valence-corrected chi connectivity index (χ0v) is 25.6. The van der Waals surface area contributed by atoms with Crippen LogP contribution in [-0.2, 0) is 35.4 Å². The van der Waals surface area contributed by atoms with Gasteiger partial charge in [-0.15, -0.1) is 0 Å². The second kappa shape index (κ2) is 12.2. The normalized spacial score (nSPS) is 20.9. The monoisotopic (exact) mass is 570 g/mol. The number of nitrogens with zero attached hydrogens (tertiary/aromatic N) is 1. The number of benzene rings is 4. The summed E-state index contributed by atoms with van der Waals surface area (Å²) in [6, 6.07) is 33.0. The number of anilines is 1. The molecule has 0 bridgehead atoms. The Morgan fingerprint density at radius 3 is 1.95 bits per heavy atom. The van der Waals surface area contributed by atoms with Gasteiger partial charge in [0.05, 0.1) is 6.42 Å². The van der Waals surface area contributed by atoms with E-state index in [9.17, 15) is 9.59 Å². The quantitative estimate of drug-likeness (QED) is 0.247. The standard InChI is InChI=1S/C39H42N2O2/c1-27-20-28(2)37(29(3)21-27)40-38(43)39(19-18-34-23-32-16-10-11-17-33(32)24-35(34)25-39)41(26-31-14-8-5-9-15-31)36(42)22-30-12-6-4-7-13-30/h4-17,20-21,34-35H,18-19,22-26H2,1-3H3,(H,40,43)/t34-,35+,39-/m0/s1. The van der Waals surface area contributed by atoms with Crippen LogP contribution in [-0.4, -0.2) is 22.3 Å². The fourth-order valence-corrected chi connectivity index (χ4v) is 7.68. The van der Waals surface area contributed by atoms with Gasteiger partial charge in [0, 0.05) is 12.2 Å². The third kappa shape index (κ3) is 6.01. The van der Waals surface area contributed by atoms with Crippen LogP contribution in [0.15, 0.2) is 97.1 Å². The summed E-state index contributed by atoms with van der Waals surface area (Å²) in [6.45, 7) is 6.60. The first-order valence-electron chi connectivity index (χ1n) is 15.7. The van der Waals surface area contributed by atoms with Crippen molar-refractivity contribution in [3.63, 3.8) is 0 Å². The van der Waals surface area contributed by atoms with E-state index < -0.39 is 5.54 Å². The maximum absolute atomic E-state index is 14.9. The summed E-state index contributed by atoms with van der Waals surface area (Å²) < 4.78 is 0. The molecule has 2 aliphatic carbocycles. The number of rotatable bonds is 7. The fraction of sp³-hybridized carbons (Fsp3) is 0.333. The molecule has 4 aromatic carbocycles. The molecule has 0 aromatic heterocycles. The van der Waals surface area contributed by atoms with Gasteiger partial charge in [0.2, 0.25) is 11.8 Å². The molecule has 1 saturated carbocycles. The number of fused-ring (bicyclic) bond motifs is 2. The third-order valence-corrected chi connectivity index (χ3v) is 9.82. The summed E-state index contributed by atoms with van der Waals surface area (Å²) in [4.78, 5) is 31.3. The molecule has 4 aromatic rings. The number of hydrogen-bond acceptors (Lipinski definition) is 2. The van der Waals surface area contributed by atoms with E-state index >= 15 is 0 Å². The average molecular weight is 571 g/mol. The van der Waals surface area contributed by atoms with Crippen LogP contribution in [0.3, 0.4) is 0 Å². The van der Waals surface area contributed by atoms with Crippen molar-refractivity contribution < 1.29 is 9.59 Å². The highest BCUT2D eigenvalue weighted by atomic mass is 16.2. The molecule has 220 valence electrons. The highest BCUT2D eigenvalue weighted by molar-refractivity contribution is 6.02. The number of hydrogen-bond donors (Lipinski definition) is 1. The van der Waals surface area contributed by atoms with E-state index in [1.54, 1.807) is 0 Å². The third-order valence-electron chi connectivity index (χ3n) is 9.82. The van der Waals surface area contributed by atoms with Crippen molar-refractivity contribution in [3.05, 3.63) is 136 Å². The molecular weight excluding hydrogens is 528 g/mol. The number of carbonyl (C=O) groups excluding carboxylic acids is 2. The Hall–Kier alpha value is -4.18. The van der Waals surface area contributed by atoms with Crippen LogP contribution >= 0.6 is 0 Å². The molecule has 0 spiro atoms. The van der Waals surface area contributed by atoms with Gasteiger partial charge in [-0.3, -0.25) is 9.59 Å². The van der Waals surface area contributed by atoms with Crippen molar-refractivity contribution in [1.29, 1.82) is 0 Å². The lowest BCUT2D eigenvalue weighted by atomic mass is 9.62. The molecular formula is C39H42N2O2. The summed E-state index contributed by atoms with van der Waals surface area (Å²) in [6.07, 6.45) is 4.49. The van der Waals surface area contributed by atoms with Crippen LogP contribution in [0.1, 0.15) is 58.2 Å². The van der Waals surface area contributed by atoms with E-state index in [2.05, 4.69) is 74.6 Å². The Labute approximate surface area is 256 Å². The van der Waals surface area contributed by atoms with Gasteiger partial charge < -0.3 is 10.2 Å².